The maximum absolute atomic E-state index is 12.0. The van der Waals surface area contributed by atoms with Gasteiger partial charge in [0.2, 0.25) is 5.91 Å². The average molecular weight is 332 g/mol. The van der Waals surface area contributed by atoms with Gasteiger partial charge in [-0.2, -0.15) is 11.8 Å². The number of fused-ring (bicyclic) bond motifs is 1. The molecule has 0 bridgehead atoms. The quantitative estimate of drug-likeness (QED) is 0.918. The Morgan fingerprint density at radius 2 is 2.00 bits per heavy atom. The van der Waals surface area contributed by atoms with Crippen molar-refractivity contribution >= 4 is 29.4 Å². The number of anilines is 1. The molecule has 6 heteroatoms. The molecule has 4 rings (SSSR count). The molecule has 1 aliphatic carbocycles. The van der Waals surface area contributed by atoms with Crippen LogP contribution < -0.4 is 10.2 Å². The number of thioether (sulfide) groups is 1. The van der Waals surface area contributed by atoms with Gasteiger partial charge in [-0.1, -0.05) is 12.1 Å². The number of benzene rings is 1. The average Bonchev–Trinajstić information content (AvgIpc) is 2.86. The Morgan fingerprint density at radius 1 is 1.30 bits per heavy atom. The summed E-state index contributed by atoms with van der Waals surface area (Å²) in [4.78, 5) is 24.6. The Kier molecular flexibility index (Phi) is 3.71. The second kappa shape index (κ2) is 5.74. The van der Waals surface area contributed by atoms with Crippen molar-refractivity contribution in [3.8, 4) is 0 Å². The van der Waals surface area contributed by atoms with Crippen LogP contribution in [0, 0.1) is 11.8 Å². The topological polar surface area (TPSA) is 58.6 Å². The zero-order valence-electron chi connectivity index (χ0n) is 13.0. The van der Waals surface area contributed by atoms with Crippen LogP contribution in [-0.2, 0) is 9.53 Å². The summed E-state index contributed by atoms with van der Waals surface area (Å²) in [6.45, 7) is 2.29. The van der Waals surface area contributed by atoms with Crippen LogP contribution in [0.4, 0.5) is 10.5 Å². The molecule has 23 heavy (non-hydrogen) atoms. The van der Waals surface area contributed by atoms with E-state index in [9.17, 15) is 9.59 Å². The van der Waals surface area contributed by atoms with Gasteiger partial charge >= 0.3 is 6.09 Å². The minimum atomic E-state index is -0.340. The lowest BCUT2D eigenvalue weighted by atomic mass is 10.1. The molecular weight excluding hydrogens is 312 g/mol. The third-order valence-corrected chi connectivity index (χ3v) is 6.24. The summed E-state index contributed by atoms with van der Waals surface area (Å²) in [6.07, 6.45) is -0.626. The molecular formula is C17H20N2O3S. The van der Waals surface area contributed by atoms with Gasteiger partial charge in [-0.05, 0) is 47.0 Å². The minimum absolute atomic E-state index is 0.114. The Hall–Kier alpha value is -1.69. The van der Waals surface area contributed by atoms with Gasteiger partial charge in [0, 0.05) is 12.6 Å². The monoisotopic (exact) mass is 332 g/mol. The Morgan fingerprint density at radius 3 is 2.65 bits per heavy atom. The molecule has 1 saturated carbocycles. The van der Waals surface area contributed by atoms with Gasteiger partial charge in [-0.25, -0.2) is 4.79 Å². The number of amides is 2. The molecule has 0 spiro atoms. The van der Waals surface area contributed by atoms with Crippen molar-refractivity contribution < 1.29 is 14.3 Å². The molecule has 2 amide bonds. The summed E-state index contributed by atoms with van der Waals surface area (Å²) < 4.78 is 5.30. The number of hydrogen-bond acceptors (Lipinski definition) is 4. The molecule has 0 unspecified atom stereocenters. The number of carbonyl (C=O) groups excluding carboxylic acids is 2. The summed E-state index contributed by atoms with van der Waals surface area (Å²) in [5.41, 5.74) is 2.26. The van der Waals surface area contributed by atoms with Crippen molar-refractivity contribution in [1.29, 1.82) is 0 Å². The maximum Gasteiger partial charge on any atom is 0.414 e. The first kappa shape index (κ1) is 14.9. The summed E-state index contributed by atoms with van der Waals surface area (Å²) in [6, 6.07) is 8.33. The molecule has 3 aliphatic rings. The lowest BCUT2D eigenvalue weighted by molar-refractivity contribution is -0.119. The smallest absolute Gasteiger partial charge is 0.414 e. The highest BCUT2D eigenvalue weighted by Gasteiger charge is 2.53. The molecule has 2 aliphatic heterocycles. The number of rotatable bonds is 4. The van der Waals surface area contributed by atoms with Crippen LogP contribution in [-0.4, -0.2) is 42.7 Å². The van der Waals surface area contributed by atoms with E-state index in [4.69, 9.17) is 4.74 Å². The lowest BCUT2D eigenvalue weighted by Crippen LogP contribution is -2.33. The maximum atomic E-state index is 12.0. The van der Waals surface area contributed by atoms with Gasteiger partial charge in [0.1, 0.15) is 6.10 Å². The normalized spacial score (nSPS) is 31.7. The molecule has 0 radical (unpaired) electrons. The molecule has 0 aromatic heterocycles. The number of hydrogen-bond donors (Lipinski definition) is 1. The molecule has 1 aromatic carbocycles. The molecule has 2 heterocycles. The van der Waals surface area contributed by atoms with Crippen molar-refractivity contribution in [3.63, 3.8) is 0 Å². The Balaban J connectivity index is 1.40. The largest absolute Gasteiger partial charge is 0.442 e. The summed E-state index contributed by atoms with van der Waals surface area (Å²) in [7, 11) is 0. The molecule has 2 saturated heterocycles. The number of cyclic esters (lactones) is 1. The van der Waals surface area contributed by atoms with Gasteiger partial charge in [-0.3, -0.25) is 9.69 Å². The van der Waals surface area contributed by atoms with Crippen LogP contribution in [0.1, 0.15) is 18.4 Å². The number of ether oxygens (including phenoxy) is 1. The van der Waals surface area contributed by atoms with E-state index in [0.29, 0.717) is 13.1 Å². The first-order chi connectivity index (χ1) is 11.1. The summed E-state index contributed by atoms with van der Waals surface area (Å²) >= 11 is 2.06. The van der Waals surface area contributed by atoms with Gasteiger partial charge < -0.3 is 10.1 Å². The van der Waals surface area contributed by atoms with Crippen LogP contribution in [0.2, 0.25) is 0 Å². The van der Waals surface area contributed by atoms with Gasteiger partial charge in [0.05, 0.1) is 13.1 Å². The Labute approximate surface area is 139 Å². The van der Waals surface area contributed by atoms with E-state index in [0.717, 1.165) is 23.4 Å². The number of nitrogens with one attached hydrogen (secondary N) is 1. The second-order valence-electron chi connectivity index (χ2n) is 6.54. The summed E-state index contributed by atoms with van der Waals surface area (Å²) in [5.74, 6) is 4.93. The first-order valence-corrected chi connectivity index (χ1v) is 9.19. The fourth-order valence-electron chi connectivity index (χ4n) is 3.71. The van der Waals surface area contributed by atoms with E-state index in [2.05, 4.69) is 29.2 Å². The SMILES string of the molecule is CC(=O)NC[C@H]1CN(c2ccc([C@H]3[C@@H]4CSC[C@@H]43)cc2)C(=O)O1. The number of carbonyl (C=O) groups is 2. The third kappa shape index (κ3) is 2.80. The van der Waals surface area contributed by atoms with Crippen molar-refractivity contribution in [2.45, 2.75) is 18.9 Å². The first-order valence-electron chi connectivity index (χ1n) is 8.04. The zero-order valence-corrected chi connectivity index (χ0v) is 13.8. The fraction of sp³-hybridized carbons (Fsp3) is 0.529. The van der Waals surface area contributed by atoms with E-state index < -0.39 is 0 Å². The highest BCUT2D eigenvalue weighted by atomic mass is 32.2. The predicted octanol–water partition coefficient (Wildman–Crippen LogP) is 2.22. The fourth-order valence-corrected chi connectivity index (χ4v) is 5.30. The predicted molar refractivity (Wildman–Crippen MR) is 89.8 cm³/mol. The molecule has 1 aromatic rings. The van der Waals surface area contributed by atoms with Crippen LogP contribution >= 0.6 is 11.8 Å². The van der Waals surface area contributed by atoms with E-state index >= 15 is 0 Å². The molecule has 122 valence electrons. The highest BCUT2D eigenvalue weighted by molar-refractivity contribution is 7.99. The van der Waals surface area contributed by atoms with Crippen molar-refractivity contribution in [2.24, 2.45) is 11.8 Å². The van der Waals surface area contributed by atoms with Crippen molar-refractivity contribution in [3.05, 3.63) is 29.8 Å². The standard InChI is InChI=1S/C17H20N2O3S/c1-10(20)18-6-13-7-19(17(21)22-13)12-4-2-11(3-5-12)16-14-8-23-9-15(14)16/h2-5,13-16H,6-9H2,1H3,(H,18,20)/t13-,14-,15+,16+/m0/s1. The van der Waals surface area contributed by atoms with E-state index in [-0.39, 0.29) is 18.1 Å². The van der Waals surface area contributed by atoms with Crippen LogP contribution in [0.15, 0.2) is 24.3 Å². The second-order valence-corrected chi connectivity index (χ2v) is 7.61. The van der Waals surface area contributed by atoms with Crippen LogP contribution in [0.25, 0.3) is 0 Å². The molecule has 1 N–H and O–H groups in total. The van der Waals surface area contributed by atoms with Gasteiger partial charge in [0.15, 0.2) is 0 Å². The molecule has 5 nitrogen and oxygen atoms in total. The highest BCUT2D eigenvalue weighted by Crippen LogP contribution is 2.61. The van der Waals surface area contributed by atoms with Crippen LogP contribution in [0.3, 0.4) is 0 Å². The van der Waals surface area contributed by atoms with Crippen molar-refractivity contribution in [2.75, 3.05) is 29.5 Å². The summed E-state index contributed by atoms with van der Waals surface area (Å²) in [5, 5.41) is 2.69. The van der Waals surface area contributed by atoms with E-state index in [1.54, 1.807) is 4.90 Å². The van der Waals surface area contributed by atoms with Crippen LogP contribution in [0.5, 0.6) is 0 Å². The Bertz CT molecular complexity index is 623. The number of nitrogens with zero attached hydrogens (tertiary/aromatic N) is 1. The van der Waals surface area contributed by atoms with E-state index in [1.807, 2.05) is 12.1 Å². The van der Waals surface area contributed by atoms with Crippen molar-refractivity contribution in [1.82, 2.24) is 5.32 Å². The molecule has 4 atom stereocenters. The minimum Gasteiger partial charge on any atom is -0.442 e. The van der Waals surface area contributed by atoms with Gasteiger partial charge in [-0.15, -0.1) is 0 Å². The third-order valence-electron chi connectivity index (χ3n) is 4.99. The zero-order chi connectivity index (χ0) is 16.0. The van der Waals surface area contributed by atoms with Gasteiger partial charge in [0.25, 0.3) is 0 Å². The lowest BCUT2D eigenvalue weighted by Gasteiger charge is -2.14. The molecule has 3 fully saturated rings. The van der Waals surface area contributed by atoms with E-state index in [1.165, 1.54) is 24.0 Å².